The van der Waals surface area contributed by atoms with Crippen LogP contribution < -0.4 is 10.9 Å². The van der Waals surface area contributed by atoms with Gasteiger partial charge in [-0.25, -0.2) is 4.98 Å². The molecule has 176 valence electrons. The Hall–Kier alpha value is -4.12. The summed E-state index contributed by atoms with van der Waals surface area (Å²) >= 11 is 0. The molecule has 4 aromatic carbocycles. The van der Waals surface area contributed by atoms with E-state index in [0.717, 1.165) is 33.6 Å². The number of nitrogens with zero attached hydrogens (tertiary/aromatic N) is 1. The molecular formula is C31H23BF3N. The van der Waals surface area contributed by atoms with Crippen molar-refractivity contribution in [3.63, 3.8) is 0 Å². The maximum atomic E-state index is 14.1. The Morgan fingerprint density at radius 2 is 1.28 bits per heavy atom. The minimum absolute atomic E-state index is 0.114. The highest BCUT2D eigenvalue weighted by molar-refractivity contribution is 7.00. The Bertz CT molecular complexity index is 1470. The average molecular weight is 477 g/mol. The van der Waals surface area contributed by atoms with E-state index >= 15 is 0 Å². The fourth-order valence-corrected chi connectivity index (χ4v) is 4.63. The summed E-state index contributed by atoms with van der Waals surface area (Å²) in [5, 5.41) is 0.114. The molecule has 1 nitrogen and oxygen atoms in total. The predicted octanol–water partition coefficient (Wildman–Crippen LogP) is 6.95. The van der Waals surface area contributed by atoms with Gasteiger partial charge in [-0.15, -0.1) is 0 Å². The molecule has 0 bridgehead atoms. The molecule has 0 aliphatic carbocycles. The Labute approximate surface area is 209 Å². The summed E-state index contributed by atoms with van der Waals surface area (Å²) in [6.45, 7) is 1.59. The Balaban J connectivity index is 1.79. The first-order valence-electron chi connectivity index (χ1n) is 11.8. The number of hydrogen-bond donors (Lipinski definition) is 0. The van der Waals surface area contributed by atoms with Gasteiger partial charge in [0.1, 0.15) is 0 Å². The average Bonchev–Trinajstić information content (AvgIpc) is 2.89. The van der Waals surface area contributed by atoms with Gasteiger partial charge in [-0.2, -0.15) is 13.2 Å². The van der Waals surface area contributed by atoms with Crippen LogP contribution in [-0.2, 0) is 6.18 Å². The largest absolute Gasteiger partial charge is 0.417 e. The number of alkyl halides is 3. The minimum atomic E-state index is -4.50. The number of fused-ring (bicyclic) bond motifs is 1. The van der Waals surface area contributed by atoms with Crippen molar-refractivity contribution in [2.75, 3.05) is 0 Å². The molecule has 0 N–H and O–H groups in total. The van der Waals surface area contributed by atoms with Crippen molar-refractivity contribution in [3.05, 3.63) is 138 Å². The van der Waals surface area contributed by atoms with Gasteiger partial charge in [-0.05, 0) is 36.8 Å². The number of rotatable bonds is 5. The number of pyridine rings is 1. The molecule has 0 saturated heterocycles. The lowest BCUT2D eigenvalue weighted by atomic mass is 9.35. The quantitative estimate of drug-likeness (QED) is 0.250. The van der Waals surface area contributed by atoms with Crippen molar-refractivity contribution in [1.29, 1.82) is 0 Å². The number of halogens is 3. The molecule has 0 spiro atoms. The minimum Gasteiger partial charge on any atom is -0.248 e. The lowest BCUT2D eigenvalue weighted by molar-refractivity contribution is -0.136. The van der Waals surface area contributed by atoms with Crippen molar-refractivity contribution in [1.82, 2.24) is 4.98 Å². The zero-order valence-corrected chi connectivity index (χ0v) is 19.7. The fourth-order valence-electron chi connectivity index (χ4n) is 4.63. The second-order valence-corrected chi connectivity index (χ2v) is 8.83. The van der Waals surface area contributed by atoms with E-state index in [1.807, 2.05) is 91.0 Å². The van der Waals surface area contributed by atoms with Gasteiger partial charge in [0.15, 0.2) is 0 Å². The smallest absolute Gasteiger partial charge is 0.248 e. The van der Waals surface area contributed by atoms with Crippen molar-refractivity contribution in [2.45, 2.75) is 13.1 Å². The first kappa shape index (κ1) is 23.6. The molecule has 0 fully saturated rings. The highest BCUT2D eigenvalue weighted by Gasteiger charge is 2.33. The molecule has 1 aromatic heterocycles. The molecule has 0 saturated carbocycles. The van der Waals surface area contributed by atoms with Crippen LogP contribution in [0.3, 0.4) is 0 Å². The molecule has 5 aromatic rings. The normalized spacial score (nSPS) is 12.1. The summed E-state index contributed by atoms with van der Waals surface area (Å²) in [5.41, 5.74) is 4.58. The fraction of sp³-hybridized carbons (Fsp3) is 0.0645. The van der Waals surface area contributed by atoms with Gasteiger partial charge in [-0.1, -0.05) is 119 Å². The third kappa shape index (κ3) is 4.96. The zero-order valence-electron chi connectivity index (χ0n) is 19.7. The summed E-state index contributed by atoms with van der Waals surface area (Å²) in [6.07, 6.45) is -2.70. The molecular weight excluding hydrogens is 454 g/mol. The Morgan fingerprint density at radius 3 is 1.83 bits per heavy atom. The van der Waals surface area contributed by atoms with Gasteiger partial charge >= 0.3 is 6.18 Å². The molecule has 0 unspecified atom stereocenters. The zero-order chi connectivity index (χ0) is 25.1. The van der Waals surface area contributed by atoms with E-state index in [0.29, 0.717) is 5.52 Å². The SMILES string of the molecule is Cc1ccc2nc(/C=C(/B(c3ccccc3)c3ccccc3)c3ccccc3)cc(C(F)(F)F)c2c1. The third-order valence-corrected chi connectivity index (χ3v) is 6.28. The van der Waals surface area contributed by atoms with Crippen LogP contribution in [0.25, 0.3) is 22.5 Å². The highest BCUT2D eigenvalue weighted by Crippen LogP contribution is 2.36. The molecule has 36 heavy (non-hydrogen) atoms. The van der Waals surface area contributed by atoms with Crippen molar-refractivity contribution < 1.29 is 13.2 Å². The van der Waals surface area contributed by atoms with E-state index in [1.54, 1.807) is 31.2 Å². The van der Waals surface area contributed by atoms with Gasteiger partial charge in [0.05, 0.1) is 16.8 Å². The van der Waals surface area contributed by atoms with Gasteiger partial charge in [0, 0.05) is 5.39 Å². The van der Waals surface area contributed by atoms with E-state index in [4.69, 9.17) is 0 Å². The molecule has 0 aliphatic rings. The molecule has 5 heteroatoms. The van der Waals surface area contributed by atoms with Crippen LogP contribution in [0.4, 0.5) is 13.2 Å². The van der Waals surface area contributed by atoms with E-state index in [2.05, 4.69) is 4.98 Å². The number of aryl methyl sites for hydroxylation is 1. The summed E-state index contributed by atoms with van der Waals surface area (Å²) in [6, 6.07) is 36.0. The first-order chi connectivity index (χ1) is 17.4. The molecule has 0 atom stereocenters. The van der Waals surface area contributed by atoms with Crippen LogP contribution in [0.5, 0.6) is 0 Å². The highest BCUT2D eigenvalue weighted by atomic mass is 19.4. The number of hydrogen-bond acceptors (Lipinski definition) is 1. The lowest BCUT2D eigenvalue weighted by Crippen LogP contribution is -2.43. The second kappa shape index (κ2) is 9.86. The summed E-state index contributed by atoms with van der Waals surface area (Å²) in [5.74, 6) is 0. The van der Waals surface area contributed by atoms with E-state index in [-0.39, 0.29) is 17.8 Å². The van der Waals surface area contributed by atoms with Crippen molar-refractivity contribution >= 4 is 40.1 Å². The van der Waals surface area contributed by atoms with Crippen molar-refractivity contribution in [3.8, 4) is 0 Å². The third-order valence-electron chi connectivity index (χ3n) is 6.28. The topological polar surface area (TPSA) is 12.9 Å². The predicted molar refractivity (Wildman–Crippen MR) is 144 cm³/mol. The van der Waals surface area contributed by atoms with Crippen LogP contribution in [0, 0.1) is 6.92 Å². The standard InChI is InChI=1S/C31H23BF3N/c1-22-17-18-30-27(19-22)28(31(33,34)35)20-26(36-30)21-29(23-11-5-2-6-12-23)32(24-13-7-3-8-14-24)25-15-9-4-10-16-25/h2-21H,1H3/b29-21+. The Morgan fingerprint density at radius 1 is 0.722 bits per heavy atom. The van der Waals surface area contributed by atoms with Crippen LogP contribution >= 0.6 is 0 Å². The van der Waals surface area contributed by atoms with Crippen LogP contribution in [0.2, 0.25) is 0 Å². The Kier molecular flexibility index (Phi) is 6.47. The van der Waals surface area contributed by atoms with E-state index < -0.39 is 11.7 Å². The maximum absolute atomic E-state index is 14.1. The molecule has 0 amide bonds. The van der Waals surface area contributed by atoms with Crippen LogP contribution in [0.1, 0.15) is 22.4 Å². The summed E-state index contributed by atoms with van der Waals surface area (Å²) in [7, 11) is 0. The lowest BCUT2D eigenvalue weighted by Gasteiger charge is -2.20. The van der Waals surface area contributed by atoms with Gasteiger partial charge in [0.25, 0.3) is 0 Å². The van der Waals surface area contributed by atoms with Gasteiger partial charge in [-0.3, -0.25) is 0 Å². The summed E-state index contributed by atoms with van der Waals surface area (Å²) < 4.78 is 42.4. The summed E-state index contributed by atoms with van der Waals surface area (Å²) in [4.78, 5) is 4.65. The van der Waals surface area contributed by atoms with E-state index in [9.17, 15) is 13.2 Å². The molecule has 1 heterocycles. The maximum Gasteiger partial charge on any atom is 0.417 e. The van der Waals surface area contributed by atoms with Gasteiger partial charge in [0.2, 0.25) is 6.71 Å². The molecule has 5 rings (SSSR count). The van der Waals surface area contributed by atoms with Crippen LogP contribution in [-0.4, -0.2) is 11.7 Å². The number of benzene rings is 4. The van der Waals surface area contributed by atoms with Crippen LogP contribution in [0.15, 0.2) is 115 Å². The van der Waals surface area contributed by atoms with Gasteiger partial charge < -0.3 is 0 Å². The first-order valence-corrected chi connectivity index (χ1v) is 11.8. The van der Waals surface area contributed by atoms with Crippen molar-refractivity contribution in [2.24, 2.45) is 0 Å². The van der Waals surface area contributed by atoms with E-state index in [1.165, 1.54) is 0 Å². The molecule has 0 radical (unpaired) electrons. The molecule has 0 aliphatic heterocycles. The second-order valence-electron chi connectivity index (χ2n) is 8.83. The monoisotopic (exact) mass is 477 g/mol. The number of aromatic nitrogens is 1.